The average Bonchev–Trinajstić information content (AvgIpc) is 2.88. The van der Waals surface area contributed by atoms with Gasteiger partial charge in [0.1, 0.15) is 0 Å². The molecule has 2 aromatic rings. The lowest BCUT2D eigenvalue weighted by Gasteiger charge is -2.15. The molecule has 2 heterocycles. The third-order valence-electron chi connectivity index (χ3n) is 2.84. The molecule has 2 aromatic heterocycles. The van der Waals surface area contributed by atoms with E-state index < -0.39 is 0 Å². The van der Waals surface area contributed by atoms with Crippen LogP contribution in [0.15, 0.2) is 34.4 Å². The highest BCUT2D eigenvalue weighted by Crippen LogP contribution is 2.24. The predicted octanol–water partition coefficient (Wildman–Crippen LogP) is 3.30. The summed E-state index contributed by atoms with van der Waals surface area (Å²) < 4.78 is 1.79. The summed E-state index contributed by atoms with van der Waals surface area (Å²) in [5, 5.41) is 10.8. The van der Waals surface area contributed by atoms with Crippen molar-refractivity contribution in [2.24, 2.45) is 5.92 Å². The fourth-order valence-electron chi connectivity index (χ4n) is 2.03. The van der Waals surface area contributed by atoms with E-state index in [4.69, 9.17) is 5.26 Å². The van der Waals surface area contributed by atoms with E-state index in [0.717, 1.165) is 10.6 Å². The number of thiophene rings is 1. The quantitative estimate of drug-likeness (QED) is 0.857. The van der Waals surface area contributed by atoms with Gasteiger partial charge < -0.3 is 4.57 Å². The molecule has 4 heteroatoms. The van der Waals surface area contributed by atoms with Crippen molar-refractivity contribution in [2.45, 2.75) is 26.8 Å². The largest absolute Gasteiger partial charge is 0.307 e. The lowest BCUT2D eigenvalue weighted by Crippen LogP contribution is -2.26. The zero-order chi connectivity index (χ0) is 13.8. The standard InChI is InChI=1S/C15H16N2OS/c1-11(2)10-17-13(14-4-3-9-19-14)6-5-12(7-8-16)15(17)18/h3-6,9,11H,7,10H2,1-2H3. The molecule has 0 aliphatic carbocycles. The highest BCUT2D eigenvalue weighted by atomic mass is 32.1. The summed E-state index contributed by atoms with van der Waals surface area (Å²) in [5.74, 6) is 0.383. The zero-order valence-corrected chi connectivity index (χ0v) is 11.9. The smallest absolute Gasteiger partial charge is 0.255 e. The monoisotopic (exact) mass is 272 g/mol. The first-order valence-corrected chi connectivity index (χ1v) is 7.15. The second-order valence-electron chi connectivity index (χ2n) is 4.87. The number of hydrogen-bond donors (Lipinski definition) is 0. The van der Waals surface area contributed by atoms with E-state index in [0.29, 0.717) is 18.0 Å². The van der Waals surface area contributed by atoms with Gasteiger partial charge in [0.15, 0.2) is 0 Å². The Morgan fingerprint density at radius 3 is 2.74 bits per heavy atom. The van der Waals surface area contributed by atoms with Crippen molar-refractivity contribution in [1.29, 1.82) is 5.26 Å². The Morgan fingerprint density at radius 1 is 1.37 bits per heavy atom. The Kier molecular flexibility index (Phi) is 4.18. The molecule has 0 unspecified atom stereocenters. The molecule has 0 spiro atoms. The molecule has 0 saturated heterocycles. The van der Waals surface area contributed by atoms with Crippen molar-refractivity contribution < 1.29 is 0 Å². The highest BCUT2D eigenvalue weighted by Gasteiger charge is 2.12. The first-order valence-electron chi connectivity index (χ1n) is 6.27. The van der Waals surface area contributed by atoms with Gasteiger partial charge in [0, 0.05) is 12.1 Å². The van der Waals surface area contributed by atoms with Gasteiger partial charge in [0.2, 0.25) is 0 Å². The molecular formula is C15H16N2OS. The molecule has 0 amide bonds. The molecule has 0 atom stereocenters. The van der Waals surface area contributed by atoms with Gasteiger partial charge in [-0.3, -0.25) is 4.79 Å². The van der Waals surface area contributed by atoms with Crippen LogP contribution in [0, 0.1) is 17.2 Å². The minimum Gasteiger partial charge on any atom is -0.307 e. The van der Waals surface area contributed by atoms with Crippen LogP contribution in [0.4, 0.5) is 0 Å². The number of hydrogen-bond acceptors (Lipinski definition) is 3. The lowest BCUT2D eigenvalue weighted by molar-refractivity contribution is 0.513. The second kappa shape index (κ2) is 5.85. The van der Waals surface area contributed by atoms with Crippen LogP contribution in [0.5, 0.6) is 0 Å². The summed E-state index contributed by atoms with van der Waals surface area (Å²) in [6, 6.07) is 9.76. The van der Waals surface area contributed by atoms with E-state index in [1.54, 1.807) is 22.0 Å². The van der Waals surface area contributed by atoms with Crippen LogP contribution >= 0.6 is 11.3 Å². The van der Waals surface area contributed by atoms with Crippen molar-refractivity contribution in [3.8, 4) is 16.6 Å². The van der Waals surface area contributed by atoms with Crippen LogP contribution < -0.4 is 5.56 Å². The Morgan fingerprint density at radius 2 is 2.16 bits per heavy atom. The first kappa shape index (κ1) is 13.6. The minimum atomic E-state index is -0.0406. The normalized spacial score (nSPS) is 10.6. The van der Waals surface area contributed by atoms with Crippen LogP contribution in [-0.2, 0) is 13.0 Å². The van der Waals surface area contributed by atoms with Gasteiger partial charge in [0.25, 0.3) is 5.56 Å². The van der Waals surface area contributed by atoms with Gasteiger partial charge in [-0.1, -0.05) is 26.0 Å². The molecular weight excluding hydrogens is 256 g/mol. The zero-order valence-electron chi connectivity index (χ0n) is 11.1. The molecule has 0 bridgehead atoms. The van der Waals surface area contributed by atoms with Crippen LogP contribution in [0.1, 0.15) is 19.4 Å². The molecule has 0 aromatic carbocycles. The minimum absolute atomic E-state index is 0.0406. The molecule has 2 rings (SSSR count). The van der Waals surface area contributed by atoms with E-state index in [1.165, 1.54) is 0 Å². The predicted molar refractivity (Wildman–Crippen MR) is 78.2 cm³/mol. The summed E-state index contributed by atoms with van der Waals surface area (Å²) in [6.45, 7) is 4.84. The number of aromatic nitrogens is 1. The van der Waals surface area contributed by atoms with Crippen LogP contribution in [0.25, 0.3) is 10.6 Å². The molecule has 0 saturated carbocycles. The Labute approximate surface area is 116 Å². The van der Waals surface area contributed by atoms with Crippen molar-refractivity contribution in [3.63, 3.8) is 0 Å². The van der Waals surface area contributed by atoms with E-state index >= 15 is 0 Å². The maximum atomic E-state index is 12.4. The van der Waals surface area contributed by atoms with Gasteiger partial charge >= 0.3 is 0 Å². The maximum Gasteiger partial charge on any atom is 0.255 e. The number of nitrogens with zero attached hydrogens (tertiary/aromatic N) is 2. The summed E-state index contributed by atoms with van der Waals surface area (Å²) in [5.41, 5.74) is 1.47. The fourth-order valence-corrected chi connectivity index (χ4v) is 2.79. The van der Waals surface area contributed by atoms with Crippen molar-refractivity contribution in [1.82, 2.24) is 4.57 Å². The Hall–Kier alpha value is -1.86. The van der Waals surface area contributed by atoms with Crippen molar-refractivity contribution in [3.05, 3.63) is 45.6 Å². The second-order valence-corrected chi connectivity index (χ2v) is 5.81. The highest BCUT2D eigenvalue weighted by molar-refractivity contribution is 7.13. The topological polar surface area (TPSA) is 45.8 Å². The van der Waals surface area contributed by atoms with Crippen LogP contribution in [0.3, 0.4) is 0 Å². The summed E-state index contributed by atoms with van der Waals surface area (Å²) in [4.78, 5) is 13.5. The van der Waals surface area contributed by atoms with E-state index in [2.05, 4.69) is 13.8 Å². The van der Waals surface area contributed by atoms with Gasteiger partial charge in [-0.2, -0.15) is 5.26 Å². The van der Waals surface area contributed by atoms with Gasteiger partial charge in [-0.15, -0.1) is 11.3 Å². The summed E-state index contributed by atoms with van der Waals surface area (Å²) >= 11 is 1.62. The van der Waals surface area contributed by atoms with E-state index in [1.807, 2.05) is 29.6 Å². The first-order chi connectivity index (χ1) is 9.13. The molecule has 0 fully saturated rings. The maximum absolute atomic E-state index is 12.4. The van der Waals surface area contributed by atoms with Gasteiger partial charge in [-0.25, -0.2) is 0 Å². The van der Waals surface area contributed by atoms with Crippen LogP contribution in [0.2, 0.25) is 0 Å². The van der Waals surface area contributed by atoms with Crippen molar-refractivity contribution in [2.75, 3.05) is 0 Å². The van der Waals surface area contributed by atoms with Gasteiger partial charge in [-0.05, 0) is 23.4 Å². The average molecular weight is 272 g/mol. The Bertz CT molecular complexity index is 648. The Balaban J connectivity index is 2.58. The lowest BCUT2D eigenvalue weighted by atomic mass is 10.1. The molecule has 0 radical (unpaired) electrons. The molecule has 19 heavy (non-hydrogen) atoms. The van der Waals surface area contributed by atoms with Crippen molar-refractivity contribution >= 4 is 11.3 Å². The molecule has 0 aliphatic heterocycles. The number of nitriles is 1. The summed E-state index contributed by atoms with van der Waals surface area (Å²) in [7, 11) is 0. The number of pyridine rings is 1. The van der Waals surface area contributed by atoms with Gasteiger partial charge in [0.05, 0.1) is 23.1 Å². The molecule has 98 valence electrons. The summed E-state index contributed by atoms with van der Waals surface area (Å²) in [6.07, 6.45) is 0.168. The molecule has 3 nitrogen and oxygen atoms in total. The SMILES string of the molecule is CC(C)Cn1c(-c2cccs2)ccc(CC#N)c1=O. The fraction of sp³-hybridized carbons (Fsp3) is 0.333. The third-order valence-corrected chi connectivity index (χ3v) is 3.74. The molecule has 0 N–H and O–H groups in total. The van der Waals surface area contributed by atoms with E-state index in [9.17, 15) is 4.79 Å². The van der Waals surface area contributed by atoms with E-state index in [-0.39, 0.29) is 12.0 Å². The third kappa shape index (κ3) is 2.94. The van der Waals surface area contributed by atoms with Crippen LogP contribution in [-0.4, -0.2) is 4.57 Å². The number of rotatable bonds is 4. The molecule has 0 aliphatic rings.